The summed E-state index contributed by atoms with van der Waals surface area (Å²) in [4.78, 5) is 54.6. The summed E-state index contributed by atoms with van der Waals surface area (Å²) in [6.07, 6.45) is 0. The first-order chi connectivity index (χ1) is 15.8. The van der Waals surface area contributed by atoms with Gasteiger partial charge in [0.05, 0.1) is 12.2 Å². The molecule has 0 aliphatic carbocycles. The number of aryl methyl sites for hydroxylation is 1. The maximum Gasteiger partial charge on any atom is 0.352 e. The van der Waals surface area contributed by atoms with E-state index < -0.39 is 17.2 Å². The molecule has 1 fully saturated rings. The number of carbonyl (C=O) groups is 2. The number of rotatable bonds is 4. The Morgan fingerprint density at radius 2 is 1.58 bits per heavy atom. The van der Waals surface area contributed by atoms with Crippen molar-refractivity contribution in [1.82, 2.24) is 24.1 Å². The van der Waals surface area contributed by atoms with Crippen LogP contribution in [-0.4, -0.2) is 62.1 Å². The zero-order valence-corrected chi connectivity index (χ0v) is 18.6. The van der Waals surface area contributed by atoms with Gasteiger partial charge in [-0.3, -0.25) is 19.0 Å². The number of hydrogen-bond donors (Lipinski definition) is 0. The molecule has 1 aliphatic rings. The van der Waals surface area contributed by atoms with Crippen LogP contribution in [0.5, 0.6) is 0 Å². The lowest BCUT2D eigenvalue weighted by atomic mass is 10.2. The van der Waals surface area contributed by atoms with E-state index in [0.29, 0.717) is 31.9 Å². The van der Waals surface area contributed by atoms with E-state index in [2.05, 4.69) is 5.10 Å². The maximum absolute atomic E-state index is 13.3. The summed E-state index contributed by atoms with van der Waals surface area (Å²) in [5, 5.41) is 4.21. The third-order valence-electron chi connectivity index (χ3n) is 5.70. The molecule has 1 aliphatic heterocycles. The van der Waals surface area contributed by atoms with Crippen molar-refractivity contribution >= 4 is 11.8 Å². The fourth-order valence-electron chi connectivity index (χ4n) is 3.86. The Morgan fingerprint density at radius 1 is 0.909 bits per heavy atom. The predicted octanol–water partition coefficient (Wildman–Crippen LogP) is 1.06. The Labute approximate surface area is 190 Å². The summed E-state index contributed by atoms with van der Waals surface area (Å²) in [6.45, 7) is 4.75. The maximum atomic E-state index is 13.3. The van der Waals surface area contributed by atoms with E-state index in [9.17, 15) is 19.2 Å². The normalized spacial score (nSPS) is 13.8. The van der Waals surface area contributed by atoms with Crippen LogP contribution in [0.15, 0.2) is 64.2 Å². The smallest absolute Gasteiger partial charge is 0.339 e. The highest BCUT2D eigenvalue weighted by Crippen LogP contribution is 2.09. The van der Waals surface area contributed by atoms with Crippen LogP contribution in [0.25, 0.3) is 5.69 Å². The second-order valence-electron chi connectivity index (χ2n) is 8.06. The number of piperazine rings is 1. The average molecular weight is 447 g/mol. The third kappa shape index (κ3) is 4.62. The highest BCUT2D eigenvalue weighted by Gasteiger charge is 2.28. The summed E-state index contributed by atoms with van der Waals surface area (Å²) < 4.78 is 2.15. The summed E-state index contributed by atoms with van der Waals surface area (Å²) >= 11 is 0. The van der Waals surface area contributed by atoms with Crippen LogP contribution in [0, 0.1) is 6.92 Å². The Morgan fingerprint density at radius 3 is 2.21 bits per heavy atom. The minimum Gasteiger partial charge on any atom is -0.339 e. The Balaban J connectivity index is 1.79. The lowest BCUT2D eigenvalue weighted by Crippen LogP contribution is -2.52. The fraction of sp³-hybridized carbons (Fsp3) is 0.292. The van der Waals surface area contributed by atoms with Crippen LogP contribution >= 0.6 is 0 Å². The Bertz CT molecular complexity index is 1300. The van der Waals surface area contributed by atoms with Crippen molar-refractivity contribution in [3.05, 3.63) is 92.3 Å². The van der Waals surface area contributed by atoms with Crippen molar-refractivity contribution in [2.75, 3.05) is 26.2 Å². The lowest BCUT2D eigenvalue weighted by molar-refractivity contribution is -0.130. The van der Waals surface area contributed by atoms with E-state index in [1.807, 2.05) is 43.3 Å². The van der Waals surface area contributed by atoms with Gasteiger partial charge in [0.1, 0.15) is 0 Å². The Hall–Kier alpha value is -4.01. The Kier molecular flexibility index (Phi) is 6.21. The van der Waals surface area contributed by atoms with E-state index in [1.54, 1.807) is 23.1 Å². The van der Waals surface area contributed by atoms with Crippen molar-refractivity contribution in [1.29, 1.82) is 0 Å². The quantitative estimate of drug-likeness (QED) is 0.596. The SMILES string of the molecule is CC(=O)N1CCN(C(=O)c2nn(-c3cccc(C)c3)c(=O)n(Cc3ccccc3)c2=O)CC1. The summed E-state index contributed by atoms with van der Waals surface area (Å²) in [5.41, 5.74) is 0.474. The highest BCUT2D eigenvalue weighted by molar-refractivity contribution is 5.92. The number of carbonyl (C=O) groups excluding carboxylic acids is 2. The molecular formula is C24H25N5O4. The van der Waals surface area contributed by atoms with Crippen molar-refractivity contribution < 1.29 is 9.59 Å². The molecule has 2 amide bonds. The van der Waals surface area contributed by atoms with Gasteiger partial charge in [0.2, 0.25) is 11.6 Å². The molecule has 2 aromatic carbocycles. The average Bonchev–Trinajstić information content (AvgIpc) is 2.82. The van der Waals surface area contributed by atoms with Gasteiger partial charge in [-0.25, -0.2) is 4.79 Å². The second-order valence-corrected chi connectivity index (χ2v) is 8.06. The second kappa shape index (κ2) is 9.23. The molecular weight excluding hydrogens is 422 g/mol. The topological polar surface area (TPSA) is 97.5 Å². The molecule has 0 bridgehead atoms. The molecule has 9 heteroatoms. The van der Waals surface area contributed by atoms with E-state index in [0.717, 1.165) is 20.4 Å². The van der Waals surface area contributed by atoms with Crippen LogP contribution in [0.1, 0.15) is 28.5 Å². The van der Waals surface area contributed by atoms with Crippen molar-refractivity contribution in [3.8, 4) is 5.69 Å². The first-order valence-electron chi connectivity index (χ1n) is 10.7. The van der Waals surface area contributed by atoms with E-state index in [-0.39, 0.29) is 18.1 Å². The van der Waals surface area contributed by atoms with Crippen molar-refractivity contribution in [2.45, 2.75) is 20.4 Å². The van der Waals surface area contributed by atoms with Gasteiger partial charge >= 0.3 is 5.69 Å². The van der Waals surface area contributed by atoms with Crippen LogP contribution in [0.2, 0.25) is 0 Å². The standard InChI is InChI=1S/C24H25N5O4/c1-17-7-6-10-20(15-17)29-24(33)28(16-19-8-4-3-5-9-19)23(32)21(25-29)22(31)27-13-11-26(12-14-27)18(2)30/h3-10,15H,11-14,16H2,1-2H3. The molecule has 0 radical (unpaired) electrons. The van der Waals surface area contributed by atoms with Gasteiger partial charge in [0.25, 0.3) is 11.5 Å². The number of nitrogens with zero attached hydrogens (tertiary/aromatic N) is 5. The summed E-state index contributed by atoms with van der Waals surface area (Å²) in [7, 11) is 0. The zero-order valence-electron chi connectivity index (χ0n) is 18.6. The molecule has 3 aromatic rings. The van der Waals surface area contributed by atoms with Crippen LogP contribution in [0.3, 0.4) is 0 Å². The molecule has 2 heterocycles. The van der Waals surface area contributed by atoms with Gasteiger partial charge in [-0.1, -0.05) is 42.5 Å². The fourth-order valence-corrected chi connectivity index (χ4v) is 3.86. The van der Waals surface area contributed by atoms with Gasteiger partial charge < -0.3 is 9.80 Å². The van der Waals surface area contributed by atoms with Crippen LogP contribution < -0.4 is 11.2 Å². The first-order valence-corrected chi connectivity index (χ1v) is 10.7. The van der Waals surface area contributed by atoms with Gasteiger partial charge in [0, 0.05) is 33.1 Å². The van der Waals surface area contributed by atoms with Crippen molar-refractivity contribution in [3.63, 3.8) is 0 Å². The van der Waals surface area contributed by atoms with Gasteiger partial charge in [-0.05, 0) is 30.2 Å². The monoisotopic (exact) mass is 447 g/mol. The minimum absolute atomic E-state index is 0.0191. The van der Waals surface area contributed by atoms with E-state index in [1.165, 1.54) is 11.8 Å². The highest BCUT2D eigenvalue weighted by atomic mass is 16.2. The molecule has 0 atom stereocenters. The molecule has 0 unspecified atom stereocenters. The molecule has 170 valence electrons. The summed E-state index contributed by atoms with van der Waals surface area (Å²) in [6, 6.07) is 16.3. The lowest BCUT2D eigenvalue weighted by Gasteiger charge is -2.33. The number of hydrogen-bond acceptors (Lipinski definition) is 5. The zero-order chi connectivity index (χ0) is 23.5. The van der Waals surface area contributed by atoms with E-state index >= 15 is 0 Å². The number of benzene rings is 2. The minimum atomic E-state index is -0.730. The van der Waals surface area contributed by atoms with Crippen LogP contribution in [0.4, 0.5) is 0 Å². The number of aromatic nitrogens is 3. The van der Waals surface area contributed by atoms with Gasteiger partial charge in [0.15, 0.2) is 0 Å². The molecule has 1 saturated heterocycles. The largest absolute Gasteiger partial charge is 0.352 e. The van der Waals surface area contributed by atoms with E-state index in [4.69, 9.17) is 0 Å². The molecule has 0 N–H and O–H groups in total. The predicted molar refractivity (Wildman–Crippen MR) is 123 cm³/mol. The molecule has 33 heavy (non-hydrogen) atoms. The molecule has 0 spiro atoms. The third-order valence-corrected chi connectivity index (χ3v) is 5.70. The first kappa shape index (κ1) is 22.2. The van der Waals surface area contributed by atoms with Crippen molar-refractivity contribution in [2.24, 2.45) is 0 Å². The van der Waals surface area contributed by atoms with Crippen LogP contribution in [-0.2, 0) is 11.3 Å². The van der Waals surface area contributed by atoms with Gasteiger partial charge in [-0.2, -0.15) is 9.78 Å². The van der Waals surface area contributed by atoms with Gasteiger partial charge in [-0.15, -0.1) is 0 Å². The summed E-state index contributed by atoms with van der Waals surface area (Å²) in [5.74, 6) is -0.607. The molecule has 9 nitrogen and oxygen atoms in total. The number of amides is 2. The molecule has 0 saturated carbocycles. The molecule has 1 aromatic heterocycles. The molecule has 4 rings (SSSR count).